The fraction of sp³-hybridized carbons (Fsp3) is 0.389. The Labute approximate surface area is 278 Å². The Hall–Kier alpha value is -3.95. The maximum Gasteiger partial charge on any atom is 2.00 e. The Balaban J connectivity index is 0.00000192. The van der Waals surface area contributed by atoms with Gasteiger partial charge in [0.25, 0.3) is 0 Å². The molecule has 0 unspecified atom stereocenters. The maximum atomic E-state index is 10.6. The molecular formula is C36H46CoN2O6. The molecule has 3 rings (SSSR count). The second kappa shape index (κ2) is 18.1. The molecule has 3 aromatic rings. The van der Waals surface area contributed by atoms with Gasteiger partial charge in [0.1, 0.15) is 11.5 Å². The van der Waals surface area contributed by atoms with Gasteiger partial charge in [-0.3, -0.25) is 9.98 Å². The molecule has 0 aliphatic rings. The summed E-state index contributed by atoms with van der Waals surface area (Å²) in [4.78, 5) is 27.1. The summed E-state index contributed by atoms with van der Waals surface area (Å²) in [6.45, 7) is 19.0. The monoisotopic (exact) mass is 661 g/mol. The molecule has 0 saturated carbocycles. The number of phenols is 2. The van der Waals surface area contributed by atoms with Crippen molar-refractivity contribution in [2.75, 3.05) is 0 Å². The minimum Gasteiger partial charge on any atom is -0.550 e. The summed E-state index contributed by atoms with van der Waals surface area (Å²) >= 11 is 0. The van der Waals surface area contributed by atoms with E-state index in [1.165, 1.54) is 11.1 Å². The Morgan fingerprint density at radius 3 is 1.24 bits per heavy atom. The molecule has 245 valence electrons. The van der Waals surface area contributed by atoms with Crippen LogP contribution in [0.2, 0.25) is 0 Å². The van der Waals surface area contributed by atoms with Gasteiger partial charge in [0.2, 0.25) is 0 Å². The van der Waals surface area contributed by atoms with Crippen molar-refractivity contribution in [3.05, 3.63) is 81.9 Å². The van der Waals surface area contributed by atoms with Gasteiger partial charge in [-0.2, -0.15) is 0 Å². The number of hydrogen-bond acceptors (Lipinski definition) is 8. The number of aryl methyl sites for hydroxylation is 2. The number of benzene rings is 3. The van der Waals surface area contributed by atoms with Crippen LogP contribution in [-0.2, 0) is 39.2 Å². The number of phenolic OH excluding ortho intramolecular Hbond substituents is 2. The van der Waals surface area contributed by atoms with Gasteiger partial charge < -0.3 is 30.0 Å². The van der Waals surface area contributed by atoms with Crippen molar-refractivity contribution in [2.24, 2.45) is 20.8 Å². The Morgan fingerprint density at radius 2 is 0.978 bits per heavy atom. The van der Waals surface area contributed by atoms with Gasteiger partial charge in [-0.1, -0.05) is 65.8 Å². The predicted octanol–water partition coefficient (Wildman–Crippen LogP) is 5.90. The number of nitrogens with zero attached hydrogens (tertiary/aromatic N) is 2. The molecule has 0 aliphatic carbocycles. The molecule has 0 saturated heterocycles. The number of carboxylic acid groups (broad SMARTS) is 2. The first-order chi connectivity index (χ1) is 20.2. The summed E-state index contributed by atoms with van der Waals surface area (Å²) < 4.78 is 0. The number of aliphatic carboxylic acids is 2. The van der Waals surface area contributed by atoms with Crippen LogP contribution in [0.4, 0.5) is 11.4 Å². The molecule has 9 heteroatoms. The number of para-hydroxylation sites is 2. The van der Waals surface area contributed by atoms with Crippen molar-refractivity contribution in [3.63, 3.8) is 0 Å². The van der Waals surface area contributed by atoms with Crippen LogP contribution in [0.1, 0.15) is 88.8 Å². The first kappa shape index (κ1) is 41.0. The number of carbonyl (C=O) groups is 2. The molecule has 45 heavy (non-hydrogen) atoms. The molecule has 3 aromatic carbocycles. The normalized spacial score (nSPS) is 11.2. The molecule has 0 heterocycles. The quantitative estimate of drug-likeness (QED) is 0.315. The fourth-order valence-corrected chi connectivity index (χ4v) is 4.35. The maximum absolute atomic E-state index is 10.6. The summed E-state index contributed by atoms with van der Waals surface area (Å²) in [6.07, 6.45) is 5.23. The third-order valence-electron chi connectivity index (χ3n) is 5.82. The number of aromatic hydroxyl groups is 2. The third-order valence-corrected chi connectivity index (χ3v) is 5.82. The summed E-state index contributed by atoms with van der Waals surface area (Å²) in [5.74, 6) is -1.68. The zero-order valence-corrected chi connectivity index (χ0v) is 29.0. The van der Waals surface area contributed by atoms with Crippen LogP contribution >= 0.6 is 0 Å². The second-order valence-electron chi connectivity index (χ2n) is 13.2. The van der Waals surface area contributed by atoms with E-state index in [1.807, 2.05) is 62.4 Å². The zero-order valence-electron chi connectivity index (χ0n) is 27.9. The van der Waals surface area contributed by atoms with Gasteiger partial charge in [-0.05, 0) is 97.9 Å². The molecule has 0 aliphatic heterocycles. The van der Waals surface area contributed by atoms with E-state index in [-0.39, 0.29) is 39.1 Å². The summed E-state index contributed by atoms with van der Waals surface area (Å²) in [5, 5.41) is 39.0. The van der Waals surface area contributed by atoms with Crippen LogP contribution in [0.25, 0.3) is 0 Å². The second-order valence-corrected chi connectivity index (χ2v) is 13.2. The number of aliphatic imine (C=N–C) groups is 2. The SMILES string of the molecule is CC(=O)[O-].CC(=O)[O-].Cc1cc(CC(C)(C)C)cc(C=Nc2ccccc2N=Cc2cc(CC(C)(C)C)cc(C)c2O)c1O.[Co+2]. The first-order valence-corrected chi connectivity index (χ1v) is 14.4. The van der Waals surface area contributed by atoms with E-state index >= 15 is 0 Å². The number of carboxylic acids is 2. The summed E-state index contributed by atoms with van der Waals surface area (Å²) in [7, 11) is 0. The van der Waals surface area contributed by atoms with Gasteiger partial charge in [0.15, 0.2) is 0 Å². The minimum absolute atomic E-state index is 0. The van der Waals surface area contributed by atoms with E-state index in [9.17, 15) is 10.2 Å². The van der Waals surface area contributed by atoms with E-state index in [0.29, 0.717) is 22.5 Å². The first-order valence-electron chi connectivity index (χ1n) is 14.4. The van der Waals surface area contributed by atoms with Crippen LogP contribution < -0.4 is 10.2 Å². The smallest absolute Gasteiger partial charge is 0.550 e. The van der Waals surface area contributed by atoms with Crippen LogP contribution in [0, 0.1) is 24.7 Å². The van der Waals surface area contributed by atoms with Crippen molar-refractivity contribution in [2.45, 2.75) is 82.1 Å². The fourth-order valence-electron chi connectivity index (χ4n) is 4.35. The van der Waals surface area contributed by atoms with Gasteiger partial charge in [0, 0.05) is 35.5 Å². The standard InChI is InChI=1S/C32H40N2O2.2C2H4O2.Co/c1-21-13-23(17-31(3,4)5)15-25(29(21)35)19-33-27-11-9-10-12-28(27)34-20-26-16-24(18-32(6,7)8)14-22(2)30(26)36;2*1-2(3)4;/h9-16,19-20,35-36H,17-18H2,1-8H3;2*1H3,(H,3,4);/q;;;+2/p-2. The molecule has 0 aromatic heterocycles. The molecule has 0 bridgehead atoms. The average molecular weight is 662 g/mol. The average Bonchev–Trinajstić information content (AvgIpc) is 2.84. The van der Waals surface area contributed by atoms with Crippen molar-refractivity contribution >= 4 is 35.7 Å². The van der Waals surface area contributed by atoms with Crippen molar-refractivity contribution < 1.29 is 46.8 Å². The van der Waals surface area contributed by atoms with Crippen LogP contribution in [0.3, 0.4) is 0 Å². The molecular weight excluding hydrogens is 615 g/mol. The van der Waals surface area contributed by atoms with Gasteiger partial charge >= 0.3 is 16.8 Å². The topological polar surface area (TPSA) is 145 Å². The molecule has 2 N–H and O–H groups in total. The van der Waals surface area contributed by atoms with Crippen LogP contribution in [0.15, 0.2) is 58.5 Å². The minimum atomic E-state index is -1.08. The zero-order chi connectivity index (χ0) is 33.8. The van der Waals surface area contributed by atoms with Gasteiger partial charge in [-0.25, -0.2) is 0 Å². The van der Waals surface area contributed by atoms with E-state index in [1.54, 1.807) is 12.4 Å². The third kappa shape index (κ3) is 16.6. The van der Waals surface area contributed by atoms with E-state index in [4.69, 9.17) is 19.8 Å². The summed E-state index contributed by atoms with van der Waals surface area (Å²) in [5.41, 5.74) is 7.07. The van der Waals surface area contributed by atoms with Gasteiger partial charge in [-0.15, -0.1) is 0 Å². The molecule has 0 spiro atoms. The number of hydrogen-bond donors (Lipinski definition) is 2. The summed E-state index contributed by atoms with van der Waals surface area (Å²) in [6, 6.07) is 15.7. The number of rotatable bonds is 6. The van der Waals surface area contributed by atoms with Crippen LogP contribution in [0.5, 0.6) is 11.5 Å². The number of carbonyl (C=O) groups excluding carboxylic acids is 2. The van der Waals surface area contributed by atoms with E-state index in [0.717, 1.165) is 37.8 Å². The molecule has 8 nitrogen and oxygen atoms in total. The van der Waals surface area contributed by atoms with Crippen molar-refractivity contribution in [1.82, 2.24) is 0 Å². The molecule has 1 radical (unpaired) electrons. The van der Waals surface area contributed by atoms with E-state index < -0.39 is 11.9 Å². The van der Waals surface area contributed by atoms with Crippen molar-refractivity contribution in [3.8, 4) is 11.5 Å². The molecule has 0 fully saturated rings. The predicted molar refractivity (Wildman–Crippen MR) is 174 cm³/mol. The van der Waals surface area contributed by atoms with Crippen molar-refractivity contribution in [1.29, 1.82) is 0 Å². The molecule has 0 atom stereocenters. The molecule has 0 amide bonds. The van der Waals surface area contributed by atoms with E-state index in [2.05, 4.69) is 51.5 Å². The van der Waals surface area contributed by atoms with Crippen LogP contribution in [-0.4, -0.2) is 34.6 Å². The Bertz CT molecular complexity index is 1380. The largest absolute Gasteiger partial charge is 2.00 e. The Kier molecular flexibility index (Phi) is 16.5. The Morgan fingerprint density at radius 1 is 0.689 bits per heavy atom. The van der Waals surface area contributed by atoms with Gasteiger partial charge in [0.05, 0.1) is 11.4 Å².